The number of piperidine rings is 1. The van der Waals surface area contributed by atoms with Gasteiger partial charge in [0, 0.05) is 24.8 Å². The minimum atomic E-state index is -0.302. The monoisotopic (exact) mass is 304 g/mol. The number of nitrogens with one attached hydrogen (secondary N) is 1. The lowest BCUT2D eigenvalue weighted by Gasteiger charge is -2.33. The number of carbonyl (C=O) groups is 1. The number of nitrogens with zero attached hydrogens (tertiary/aromatic N) is 1. The third kappa shape index (κ3) is 4.49. The normalized spacial score (nSPS) is 16.9. The van der Waals surface area contributed by atoms with E-state index in [0.717, 1.165) is 12.8 Å². The number of hydrogen-bond donors (Lipinski definition) is 2. The number of amides is 2. The van der Waals surface area contributed by atoms with Crippen LogP contribution >= 0.6 is 0 Å². The van der Waals surface area contributed by atoms with Crippen LogP contribution in [0, 0.1) is 5.92 Å². The van der Waals surface area contributed by atoms with E-state index >= 15 is 0 Å². The molecule has 1 fully saturated rings. The van der Waals surface area contributed by atoms with Crippen LogP contribution < -0.4 is 10.1 Å². The molecule has 0 aliphatic carbocycles. The summed E-state index contributed by atoms with van der Waals surface area (Å²) in [6, 6.07) is 7.21. The van der Waals surface area contributed by atoms with Gasteiger partial charge >= 0.3 is 6.03 Å². The number of aliphatic hydroxyl groups is 1. The van der Waals surface area contributed by atoms with Crippen LogP contribution in [0.25, 0.3) is 0 Å². The average Bonchev–Trinajstić information content (AvgIpc) is 2.53. The fourth-order valence-corrected chi connectivity index (χ4v) is 2.61. The highest BCUT2D eigenvalue weighted by Gasteiger charge is 2.25. The summed E-state index contributed by atoms with van der Waals surface area (Å²) in [6.07, 6.45) is 3.06. The zero-order chi connectivity index (χ0) is 15.9. The van der Waals surface area contributed by atoms with Crippen molar-refractivity contribution in [1.82, 2.24) is 4.90 Å². The molecule has 5 heteroatoms. The van der Waals surface area contributed by atoms with Crippen molar-refractivity contribution >= 4 is 11.7 Å². The summed E-state index contributed by atoms with van der Waals surface area (Å²) in [4.78, 5) is 14.1. The van der Waals surface area contributed by atoms with Gasteiger partial charge in [0.25, 0.3) is 0 Å². The van der Waals surface area contributed by atoms with Gasteiger partial charge in [0.1, 0.15) is 12.4 Å². The third-order valence-corrected chi connectivity index (χ3v) is 3.96. The molecule has 2 amide bonds. The van der Waals surface area contributed by atoms with Crippen molar-refractivity contribution in [2.45, 2.75) is 25.9 Å². The van der Waals surface area contributed by atoms with Gasteiger partial charge in [-0.05, 0) is 37.8 Å². The Bertz CT molecular complexity index is 508. The third-order valence-electron chi connectivity index (χ3n) is 3.96. The number of aliphatic hydroxyl groups excluding tert-OH is 1. The van der Waals surface area contributed by atoms with Gasteiger partial charge in [-0.3, -0.25) is 0 Å². The van der Waals surface area contributed by atoms with Crippen LogP contribution in [0.2, 0.25) is 0 Å². The van der Waals surface area contributed by atoms with Crippen LogP contribution in [0.1, 0.15) is 19.8 Å². The molecule has 1 aromatic rings. The molecule has 1 heterocycles. The quantitative estimate of drug-likeness (QED) is 0.822. The molecule has 1 atom stereocenters. The molecule has 1 aromatic carbocycles. The molecule has 2 N–H and O–H groups in total. The summed E-state index contributed by atoms with van der Waals surface area (Å²) in [7, 11) is 0. The average molecular weight is 304 g/mol. The summed E-state index contributed by atoms with van der Waals surface area (Å²) >= 11 is 0. The van der Waals surface area contributed by atoms with E-state index in [9.17, 15) is 9.90 Å². The molecule has 5 nitrogen and oxygen atoms in total. The van der Waals surface area contributed by atoms with E-state index in [2.05, 4.69) is 11.9 Å². The van der Waals surface area contributed by atoms with Crippen molar-refractivity contribution in [2.24, 2.45) is 5.92 Å². The van der Waals surface area contributed by atoms with E-state index in [4.69, 9.17) is 4.74 Å². The summed E-state index contributed by atoms with van der Waals surface area (Å²) in [5.74, 6) is 0.991. The molecule has 0 radical (unpaired) electrons. The van der Waals surface area contributed by atoms with Gasteiger partial charge in [0.15, 0.2) is 0 Å². The lowest BCUT2D eigenvalue weighted by Crippen LogP contribution is -2.42. The van der Waals surface area contributed by atoms with Gasteiger partial charge in [-0.25, -0.2) is 4.79 Å². The van der Waals surface area contributed by atoms with Crippen LogP contribution in [-0.4, -0.2) is 41.8 Å². The van der Waals surface area contributed by atoms with Gasteiger partial charge in [0.05, 0.1) is 6.10 Å². The van der Waals surface area contributed by atoms with Crippen LogP contribution in [0.3, 0.4) is 0 Å². The highest BCUT2D eigenvalue weighted by Crippen LogP contribution is 2.22. The molecule has 0 spiro atoms. The van der Waals surface area contributed by atoms with E-state index in [0.29, 0.717) is 37.1 Å². The van der Waals surface area contributed by atoms with Crippen molar-refractivity contribution in [2.75, 3.05) is 25.0 Å². The summed E-state index contributed by atoms with van der Waals surface area (Å²) < 4.78 is 5.45. The predicted molar refractivity (Wildman–Crippen MR) is 87.1 cm³/mol. The van der Waals surface area contributed by atoms with E-state index in [1.807, 2.05) is 25.1 Å². The number of carbonyl (C=O) groups excluding carboxylic acids is 1. The molecule has 0 bridgehead atoms. The zero-order valence-corrected chi connectivity index (χ0v) is 13.0. The van der Waals surface area contributed by atoms with Crippen LogP contribution in [0.5, 0.6) is 5.75 Å². The van der Waals surface area contributed by atoms with Gasteiger partial charge < -0.3 is 20.1 Å². The SMILES string of the molecule is C=CCOc1cccc(NC(=O)N2CCC(C(C)O)CC2)c1. The maximum absolute atomic E-state index is 12.3. The van der Waals surface area contributed by atoms with Crippen LogP contribution in [-0.2, 0) is 0 Å². The largest absolute Gasteiger partial charge is 0.489 e. The Labute approximate surface area is 131 Å². The van der Waals surface area contributed by atoms with E-state index in [1.54, 1.807) is 17.0 Å². The minimum Gasteiger partial charge on any atom is -0.489 e. The first-order valence-electron chi connectivity index (χ1n) is 7.68. The number of anilines is 1. The van der Waals surface area contributed by atoms with Crippen LogP contribution in [0.15, 0.2) is 36.9 Å². The predicted octanol–water partition coefficient (Wildman–Crippen LogP) is 2.88. The minimum absolute atomic E-state index is 0.107. The van der Waals surface area contributed by atoms with Gasteiger partial charge in [0.2, 0.25) is 0 Å². The van der Waals surface area contributed by atoms with Crippen molar-refractivity contribution in [3.05, 3.63) is 36.9 Å². The van der Waals surface area contributed by atoms with Gasteiger partial charge in [-0.1, -0.05) is 18.7 Å². The topological polar surface area (TPSA) is 61.8 Å². The van der Waals surface area contributed by atoms with E-state index in [-0.39, 0.29) is 12.1 Å². The fraction of sp³-hybridized carbons (Fsp3) is 0.471. The summed E-state index contributed by atoms with van der Waals surface area (Å²) in [5.41, 5.74) is 0.712. The number of benzene rings is 1. The molecule has 0 saturated carbocycles. The molecule has 0 aromatic heterocycles. The van der Waals surface area contributed by atoms with Crippen LogP contribution in [0.4, 0.5) is 10.5 Å². The number of hydrogen-bond acceptors (Lipinski definition) is 3. The summed E-state index contributed by atoms with van der Waals surface area (Å²) in [5, 5.41) is 12.5. The van der Waals surface area contributed by atoms with E-state index in [1.165, 1.54) is 0 Å². The smallest absolute Gasteiger partial charge is 0.321 e. The molecule has 120 valence electrons. The molecular weight excluding hydrogens is 280 g/mol. The fourth-order valence-electron chi connectivity index (χ4n) is 2.61. The second-order valence-corrected chi connectivity index (χ2v) is 5.62. The Hall–Kier alpha value is -2.01. The first kappa shape index (κ1) is 16.4. The molecule has 22 heavy (non-hydrogen) atoms. The Morgan fingerprint density at radius 1 is 1.55 bits per heavy atom. The number of likely N-dealkylation sites (tertiary alicyclic amines) is 1. The second-order valence-electron chi connectivity index (χ2n) is 5.62. The Kier molecular flexibility index (Phi) is 5.83. The molecule has 1 aliphatic rings. The first-order valence-corrected chi connectivity index (χ1v) is 7.68. The number of urea groups is 1. The standard InChI is InChI=1S/C17H24N2O3/c1-3-11-22-16-6-4-5-15(12-16)18-17(21)19-9-7-14(8-10-19)13(2)20/h3-6,12-14,20H,1,7-11H2,2H3,(H,18,21). The Morgan fingerprint density at radius 3 is 2.91 bits per heavy atom. The lowest BCUT2D eigenvalue weighted by atomic mass is 9.92. The highest BCUT2D eigenvalue weighted by atomic mass is 16.5. The molecular formula is C17H24N2O3. The summed E-state index contributed by atoms with van der Waals surface area (Å²) in [6.45, 7) is 7.21. The van der Waals surface area contributed by atoms with Crippen molar-refractivity contribution in [1.29, 1.82) is 0 Å². The second kappa shape index (κ2) is 7.84. The van der Waals surface area contributed by atoms with E-state index < -0.39 is 0 Å². The molecule has 1 aliphatic heterocycles. The molecule has 1 saturated heterocycles. The van der Waals surface area contributed by atoms with Crippen molar-refractivity contribution < 1.29 is 14.6 Å². The number of ether oxygens (including phenoxy) is 1. The Morgan fingerprint density at radius 2 is 2.27 bits per heavy atom. The maximum atomic E-state index is 12.3. The highest BCUT2D eigenvalue weighted by molar-refractivity contribution is 5.89. The molecule has 2 rings (SSSR count). The lowest BCUT2D eigenvalue weighted by molar-refractivity contribution is 0.0820. The number of rotatable bonds is 5. The first-order chi connectivity index (χ1) is 10.6. The van der Waals surface area contributed by atoms with Crippen molar-refractivity contribution in [3.63, 3.8) is 0 Å². The zero-order valence-electron chi connectivity index (χ0n) is 13.0. The Balaban J connectivity index is 1.88. The molecule has 1 unspecified atom stereocenters. The van der Waals surface area contributed by atoms with Gasteiger partial charge in [-0.2, -0.15) is 0 Å². The maximum Gasteiger partial charge on any atom is 0.321 e. The van der Waals surface area contributed by atoms with Crippen molar-refractivity contribution in [3.8, 4) is 5.75 Å². The van der Waals surface area contributed by atoms with Gasteiger partial charge in [-0.15, -0.1) is 0 Å².